The van der Waals surface area contributed by atoms with E-state index >= 15 is 0 Å². The summed E-state index contributed by atoms with van der Waals surface area (Å²) in [5.41, 5.74) is 3.51. The van der Waals surface area contributed by atoms with Crippen molar-refractivity contribution in [2.45, 2.75) is 19.9 Å². The molecule has 0 fully saturated rings. The van der Waals surface area contributed by atoms with Crippen LogP contribution in [0.15, 0.2) is 54.6 Å². The van der Waals surface area contributed by atoms with E-state index in [1.165, 1.54) is 18.1 Å². The minimum Gasteiger partial charge on any atom is -0.350 e. The molecule has 1 N–H and O–H groups in total. The van der Waals surface area contributed by atoms with Crippen molar-refractivity contribution in [2.24, 2.45) is 0 Å². The molecule has 0 aliphatic rings. The van der Waals surface area contributed by atoms with Gasteiger partial charge in [0.25, 0.3) is 0 Å². The molecule has 0 saturated heterocycles. The summed E-state index contributed by atoms with van der Waals surface area (Å²) < 4.78 is 0. The molecule has 2 rings (SSSR count). The summed E-state index contributed by atoms with van der Waals surface area (Å²) in [6.07, 6.45) is 0. The maximum absolute atomic E-state index is 11.0. The molecule has 0 radical (unpaired) electrons. The van der Waals surface area contributed by atoms with Crippen LogP contribution >= 0.6 is 0 Å². The Labute approximate surface area is 108 Å². The Morgan fingerprint density at radius 1 is 0.944 bits per heavy atom. The first-order valence-corrected chi connectivity index (χ1v) is 6.09. The van der Waals surface area contributed by atoms with Crippen LogP contribution in [-0.4, -0.2) is 5.91 Å². The van der Waals surface area contributed by atoms with E-state index in [1.54, 1.807) is 0 Å². The lowest BCUT2D eigenvalue weighted by atomic mass is 10.0. The molecule has 92 valence electrons. The highest BCUT2D eigenvalue weighted by Crippen LogP contribution is 2.21. The van der Waals surface area contributed by atoms with Gasteiger partial charge in [-0.05, 0) is 23.6 Å². The molecule has 2 heteroatoms. The Bertz CT molecular complexity index is 517. The van der Waals surface area contributed by atoms with Crippen molar-refractivity contribution in [1.82, 2.24) is 5.32 Å². The molecule has 0 bridgehead atoms. The molecule has 2 aromatic rings. The average molecular weight is 239 g/mol. The summed E-state index contributed by atoms with van der Waals surface area (Å²) in [7, 11) is 0. The minimum absolute atomic E-state index is 0.00497. The normalized spacial score (nSPS) is 11.9. The van der Waals surface area contributed by atoms with Gasteiger partial charge in [-0.25, -0.2) is 0 Å². The number of nitrogens with one attached hydrogen (secondary N) is 1. The van der Waals surface area contributed by atoms with Crippen molar-refractivity contribution in [1.29, 1.82) is 0 Å². The van der Waals surface area contributed by atoms with E-state index < -0.39 is 0 Å². The zero-order valence-corrected chi connectivity index (χ0v) is 10.7. The molecule has 18 heavy (non-hydrogen) atoms. The summed E-state index contributed by atoms with van der Waals surface area (Å²) in [5.74, 6) is -0.00497. The summed E-state index contributed by atoms with van der Waals surface area (Å²) in [6, 6.07) is 18.6. The zero-order chi connectivity index (χ0) is 13.0. The fraction of sp³-hybridized carbons (Fsp3) is 0.188. The third-order valence-electron chi connectivity index (χ3n) is 2.94. The number of carbonyl (C=O) groups excluding carboxylic acids is 1. The average Bonchev–Trinajstić information content (AvgIpc) is 2.39. The van der Waals surface area contributed by atoms with Crippen molar-refractivity contribution >= 4 is 5.91 Å². The predicted octanol–water partition coefficient (Wildman–Crippen LogP) is 3.55. The Morgan fingerprint density at radius 2 is 1.50 bits per heavy atom. The highest BCUT2D eigenvalue weighted by molar-refractivity contribution is 5.73. The van der Waals surface area contributed by atoms with Gasteiger partial charge in [-0.2, -0.15) is 0 Å². The second-order valence-electron chi connectivity index (χ2n) is 4.41. The molecule has 1 atom stereocenters. The highest BCUT2D eigenvalue weighted by Gasteiger charge is 2.06. The van der Waals surface area contributed by atoms with E-state index in [9.17, 15) is 4.79 Å². The quantitative estimate of drug-likeness (QED) is 0.872. The van der Waals surface area contributed by atoms with E-state index in [1.807, 2.05) is 25.1 Å². The van der Waals surface area contributed by atoms with Crippen molar-refractivity contribution in [3.63, 3.8) is 0 Å². The largest absolute Gasteiger partial charge is 0.350 e. The second-order valence-corrected chi connectivity index (χ2v) is 4.41. The van der Waals surface area contributed by atoms with Crippen molar-refractivity contribution in [3.8, 4) is 11.1 Å². The van der Waals surface area contributed by atoms with Crippen LogP contribution in [0.4, 0.5) is 0 Å². The smallest absolute Gasteiger partial charge is 0.217 e. The Hall–Kier alpha value is -2.09. The number of benzene rings is 2. The standard InChI is InChI=1S/C16H17NO/c1-12(17-13(2)18)14-8-10-16(11-9-14)15-6-4-3-5-7-15/h3-12H,1-2H3,(H,17,18)/t12-/m1/s1. The van der Waals surface area contributed by atoms with Gasteiger partial charge in [0.1, 0.15) is 0 Å². The molecule has 0 aliphatic heterocycles. The summed E-state index contributed by atoms with van der Waals surface area (Å²) in [6.45, 7) is 3.52. The minimum atomic E-state index is -0.00497. The third kappa shape index (κ3) is 2.98. The van der Waals surface area contributed by atoms with Crippen LogP contribution in [0.5, 0.6) is 0 Å². The van der Waals surface area contributed by atoms with Gasteiger partial charge < -0.3 is 5.32 Å². The molecule has 0 aromatic heterocycles. The molecule has 0 aliphatic carbocycles. The van der Waals surface area contributed by atoms with Gasteiger partial charge in [0, 0.05) is 6.92 Å². The van der Waals surface area contributed by atoms with Gasteiger partial charge in [0.2, 0.25) is 5.91 Å². The fourth-order valence-corrected chi connectivity index (χ4v) is 1.98. The van der Waals surface area contributed by atoms with Crippen LogP contribution in [0.3, 0.4) is 0 Å². The predicted molar refractivity (Wildman–Crippen MR) is 74.1 cm³/mol. The van der Waals surface area contributed by atoms with Gasteiger partial charge in [0.05, 0.1) is 6.04 Å². The maximum atomic E-state index is 11.0. The van der Waals surface area contributed by atoms with E-state index in [2.05, 4.69) is 41.7 Å². The molecule has 1 amide bonds. The molecule has 2 nitrogen and oxygen atoms in total. The van der Waals surface area contributed by atoms with Crippen LogP contribution in [-0.2, 0) is 4.79 Å². The molecular weight excluding hydrogens is 222 g/mol. The first-order valence-electron chi connectivity index (χ1n) is 6.09. The monoisotopic (exact) mass is 239 g/mol. The molecule has 0 heterocycles. The zero-order valence-electron chi connectivity index (χ0n) is 10.7. The van der Waals surface area contributed by atoms with Crippen molar-refractivity contribution in [3.05, 3.63) is 60.2 Å². The molecule has 0 unspecified atom stereocenters. The molecule has 0 spiro atoms. The summed E-state index contributed by atoms with van der Waals surface area (Å²) in [4.78, 5) is 11.0. The van der Waals surface area contributed by atoms with Gasteiger partial charge in [-0.15, -0.1) is 0 Å². The highest BCUT2D eigenvalue weighted by atomic mass is 16.1. The lowest BCUT2D eigenvalue weighted by molar-refractivity contribution is -0.119. The third-order valence-corrected chi connectivity index (χ3v) is 2.94. The Balaban J connectivity index is 2.18. The van der Waals surface area contributed by atoms with Gasteiger partial charge >= 0.3 is 0 Å². The maximum Gasteiger partial charge on any atom is 0.217 e. The molecular formula is C16H17NO. The van der Waals surface area contributed by atoms with Crippen molar-refractivity contribution < 1.29 is 4.79 Å². The van der Waals surface area contributed by atoms with Crippen molar-refractivity contribution in [2.75, 3.05) is 0 Å². The van der Waals surface area contributed by atoms with Crippen LogP contribution in [0.1, 0.15) is 25.5 Å². The van der Waals surface area contributed by atoms with E-state index in [-0.39, 0.29) is 11.9 Å². The lowest BCUT2D eigenvalue weighted by Crippen LogP contribution is -2.23. The number of hydrogen-bond acceptors (Lipinski definition) is 1. The fourth-order valence-electron chi connectivity index (χ4n) is 1.98. The number of amides is 1. The van der Waals surface area contributed by atoms with Crippen LogP contribution in [0.2, 0.25) is 0 Å². The Morgan fingerprint density at radius 3 is 2.06 bits per heavy atom. The summed E-state index contributed by atoms with van der Waals surface area (Å²) >= 11 is 0. The lowest BCUT2D eigenvalue weighted by Gasteiger charge is -2.13. The molecule has 0 saturated carbocycles. The number of carbonyl (C=O) groups is 1. The second kappa shape index (κ2) is 5.50. The summed E-state index contributed by atoms with van der Waals surface area (Å²) in [5, 5.41) is 2.88. The van der Waals surface area contributed by atoms with Gasteiger partial charge in [0.15, 0.2) is 0 Å². The first-order chi connectivity index (χ1) is 8.66. The number of rotatable bonds is 3. The topological polar surface area (TPSA) is 29.1 Å². The SMILES string of the molecule is CC(=O)N[C@H](C)c1ccc(-c2ccccc2)cc1. The van der Waals surface area contributed by atoms with E-state index in [0.717, 1.165) is 5.56 Å². The van der Waals surface area contributed by atoms with Gasteiger partial charge in [-0.3, -0.25) is 4.79 Å². The first kappa shape index (κ1) is 12.4. The van der Waals surface area contributed by atoms with Crippen LogP contribution < -0.4 is 5.32 Å². The molecule has 2 aromatic carbocycles. The van der Waals surface area contributed by atoms with E-state index in [0.29, 0.717) is 0 Å². The van der Waals surface area contributed by atoms with Crippen LogP contribution in [0.25, 0.3) is 11.1 Å². The van der Waals surface area contributed by atoms with Gasteiger partial charge in [-0.1, -0.05) is 54.6 Å². The Kier molecular flexibility index (Phi) is 3.78. The number of hydrogen-bond donors (Lipinski definition) is 1. The van der Waals surface area contributed by atoms with E-state index in [4.69, 9.17) is 0 Å². The van der Waals surface area contributed by atoms with Crippen LogP contribution in [0, 0.1) is 0 Å².